The van der Waals surface area contributed by atoms with Crippen molar-refractivity contribution < 1.29 is 33.5 Å². The molecule has 1 heterocycles. The summed E-state index contributed by atoms with van der Waals surface area (Å²) >= 11 is 0. The van der Waals surface area contributed by atoms with E-state index in [9.17, 15) is 14.8 Å². The second-order valence-electron chi connectivity index (χ2n) is 8.32. The Kier molecular flexibility index (Phi) is 7.52. The van der Waals surface area contributed by atoms with Crippen LogP contribution in [0.5, 0.6) is 17.2 Å². The molecular weight excluding hydrogens is 461 g/mol. The Hall–Kier alpha value is -3.95. The molecule has 0 unspecified atom stereocenters. The minimum atomic E-state index is -1.75. The van der Waals surface area contributed by atoms with Gasteiger partial charge in [0.05, 0.1) is 46.0 Å². The van der Waals surface area contributed by atoms with Crippen LogP contribution in [0.3, 0.4) is 0 Å². The van der Waals surface area contributed by atoms with Crippen LogP contribution in [0, 0.1) is 0 Å². The van der Waals surface area contributed by atoms with Crippen molar-refractivity contribution in [2.75, 3.05) is 21.3 Å². The molecule has 2 aromatic carbocycles. The smallest absolute Gasteiger partial charge is 0.496 e. The number of benzene rings is 2. The third kappa shape index (κ3) is 5.03. The van der Waals surface area contributed by atoms with E-state index >= 15 is 0 Å². The van der Waals surface area contributed by atoms with E-state index in [2.05, 4.69) is 5.32 Å². The van der Waals surface area contributed by atoms with Crippen LogP contribution in [0.2, 0.25) is 0 Å². The number of fused-ring (bicyclic) bond motifs is 1. The summed E-state index contributed by atoms with van der Waals surface area (Å²) in [6.07, 6.45) is 3.72. The van der Waals surface area contributed by atoms with E-state index in [1.54, 1.807) is 31.6 Å². The molecule has 3 N–H and O–H groups in total. The largest absolute Gasteiger partial charge is 0.497 e. The monoisotopic (exact) mass is 489 g/mol. The van der Waals surface area contributed by atoms with E-state index in [-0.39, 0.29) is 17.8 Å². The fourth-order valence-electron chi connectivity index (χ4n) is 4.40. The molecule has 0 radical (unpaired) electrons. The highest BCUT2D eigenvalue weighted by Gasteiger charge is 2.27. The molecule has 186 valence electrons. The quantitative estimate of drug-likeness (QED) is 0.397. The van der Waals surface area contributed by atoms with E-state index in [0.29, 0.717) is 29.6 Å². The fourth-order valence-corrected chi connectivity index (χ4v) is 4.40. The molecular formula is C27H28BNO7. The molecule has 4 rings (SSSR count). The number of carbonyl (C=O) groups is 1. The van der Waals surface area contributed by atoms with Gasteiger partial charge in [0.15, 0.2) is 0 Å². The first-order valence-electron chi connectivity index (χ1n) is 11.4. The second-order valence-corrected chi connectivity index (χ2v) is 8.32. The minimum Gasteiger partial charge on any atom is -0.497 e. The summed E-state index contributed by atoms with van der Waals surface area (Å²) in [4.78, 5) is 12.8. The molecule has 0 saturated carbocycles. The first kappa shape index (κ1) is 25.2. The Balaban J connectivity index is 1.74. The Morgan fingerprint density at radius 1 is 1.03 bits per heavy atom. The molecule has 9 heteroatoms. The van der Waals surface area contributed by atoms with Crippen molar-refractivity contribution in [3.63, 3.8) is 0 Å². The van der Waals surface area contributed by atoms with Crippen molar-refractivity contribution in [3.8, 4) is 17.2 Å². The number of allylic oxidation sites excluding steroid dienone is 2. The van der Waals surface area contributed by atoms with E-state index < -0.39 is 7.12 Å². The Bertz CT molecular complexity index is 1300. The van der Waals surface area contributed by atoms with Gasteiger partial charge < -0.3 is 34.0 Å². The van der Waals surface area contributed by atoms with Crippen LogP contribution in [0.25, 0.3) is 17.2 Å². The summed E-state index contributed by atoms with van der Waals surface area (Å²) in [7, 11) is 2.78. The van der Waals surface area contributed by atoms with Gasteiger partial charge in [0, 0.05) is 0 Å². The molecule has 0 fully saturated rings. The molecule has 0 saturated heterocycles. The maximum atomic E-state index is 12.8. The first-order chi connectivity index (χ1) is 17.4. The van der Waals surface area contributed by atoms with Gasteiger partial charge in [-0.3, -0.25) is 4.79 Å². The maximum absolute atomic E-state index is 12.8. The highest BCUT2D eigenvalue weighted by atomic mass is 16.5. The number of nitrogens with one attached hydrogen (secondary N) is 1. The standard InChI is InChI=1S/C27H28BNO7/c1-16-21(10-17-11-24(34-3)27(28(31)32)25(12-17)35-4)20-8-7-18(33-2)13-23(20)22(16)14-26(30)29-15-19-6-5-9-36-19/h5-13,31-32H,14-15H2,1-4H3,(H,29,30)/b21-10-. The fraction of sp³-hybridized carbons (Fsp3) is 0.222. The normalized spacial score (nSPS) is 13.6. The van der Waals surface area contributed by atoms with Crippen molar-refractivity contribution in [2.24, 2.45) is 0 Å². The molecule has 1 aromatic heterocycles. The van der Waals surface area contributed by atoms with Crippen LogP contribution in [-0.4, -0.2) is 44.4 Å². The van der Waals surface area contributed by atoms with Gasteiger partial charge in [-0.2, -0.15) is 0 Å². The predicted octanol–water partition coefficient (Wildman–Crippen LogP) is 3.02. The number of ether oxygens (including phenoxy) is 3. The van der Waals surface area contributed by atoms with Crippen LogP contribution in [0.4, 0.5) is 0 Å². The van der Waals surface area contributed by atoms with Crippen molar-refractivity contribution in [2.45, 2.75) is 19.9 Å². The predicted molar refractivity (Wildman–Crippen MR) is 138 cm³/mol. The third-order valence-electron chi connectivity index (χ3n) is 6.21. The molecule has 0 bridgehead atoms. The van der Waals surface area contributed by atoms with Crippen molar-refractivity contribution >= 4 is 35.7 Å². The van der Waals surface area contributed by atoms with Gasteiger partial charge in [-0.1, -0.05) is 6.07 Å². The highest BCUT2D eigenvalue weighted by Crippen LogP contribution is 2.45. The van der Waals surface area contributed by atoms with Gasteiger partial charge in [0.25, 0.3) is 0 Å². The lowest BCUT2D eigenvalue weighted by Crippen LogP contribution is -2.32. The van der Waals surface area contributed by atoms with Gasteiger partial charge in [-0.15, -0.1) is 0 Å². The van der Waals surface area contributed by atoms with Gasteiger partial charge in [-0.05, 0) is 82.8 Å². The Morgan fingerprint density at radius 2 is 1.75 bits per heavy atom. The lowest BCUT2D eigenvalue weighted by atomic mass is 9.78. The third-order valence-corrected chi connectivity index (χ3v) is 6.21. The maximum Gasteiger partial charge on any atom is 0.496 e. The number of amides is 1. The van der Waals surface area contributed by atoms with Crippen molar-refractivity contribution in [1.82, 2.24) is 5.32 Å². The average Bonchev–Trinajstić information content (AvgIpc) is 3.49. The number of carbonyl (C=O) groups excluding carboxylic acids is 1. The van der Waals surface area contributed by atoms with E-state index in [1.165, 1.54) is 14.2 Å². The molecule has 8 nitrogen and oxygen atoms in total. The zero-order valence-corrected chi connectivity index (χ0v) is 20.6. The summed E-state index contributed by atoms with van der Waals surface area (Å²) < 4.78 is 21.5. The number of hydrogen-bond acceptors (Lipinski definition) is 7. The zero-order chi connectivity index (χ0) is 25.8. The number of hydrogen-bond donors (Lipinski definition) is 3. The molecule has 3 aromatic rings. The Labute approximate surface area is 210 Å². The SMILES string of the molecule is COc1ccc2c(c1)C(CC(=O)NCc1ccco1)=C(C)/C2=C/c1cc(OC)c(B(O)O)c(OC)c1. The van der Waals surface area contributed by atoms with Gasteiger partial charge in [0.2, 0.25) is 5.91 Å². The number of furan rings is 1. The molecule has 36 heavy (non-hydrogen) atoms. The summed E-state index contributed by atoms with van der Waals surface area (Å²) in [6.45, 7) is 2.29. The Morgan fingerprint density at radius 3 is 2.33 bits per heavy atom. The molecule has 0 aliphatic heterocycles. The summed E-state index contributed by atoms with van der Waals surface area (Å²) in [6, 6.07) is 12.8. The van der Waals surface area contributed by atoms with Crippen LogP contribution in [0.1, 0.15) is 35.8 Å². The van der Waals surface area contributed by atoms with Crippen LogP contribution >= 0.6 is 0 Å². The second kappa shape index (κ2) is 10.8. The summed E-state index contributed by atoms with van der Waals surface area (Å²) in [5.41, 5.74) is 5.57. The van der Waals surface area contributed by atoms with Gasteiger partial charge in [-0.25, -0.2) is 0 Å². The van der Waals surface area contributed by atoms with Gasteiger partial charge in [0.1, 0.15) is 23.0 Å². The molecule has 1 amide bonds. The number of rotatable bonds is 9. The van der Waals surface area contributed by atoms with E-state index in [0.717, 1.165) is 33.4 Å². The topological polar surface area (TPSA) is 110 Å². The highest BCUT2D eigenvalue weighted by molar-refractivity contribution is 6.61. The first-order valence-corrected chi connectivity index (χ1v) is 11.4. The van der Waals surface area contributed by atoms with Crippen molar-refractivity contribution in [1.29, 1.82) is 0 Å². The number of methoxy groups -OCH3 is 3. The summed E-state index contributed by atoms with van der Waals surface area (Å²) in [5.74, 6) is 1.84. The van der Waals surface area contributed by atoms with E-state index in [1.807, 2.05) is 37.3 Å². The molecule has 0 atom stereocenters. The lowest BCUT2D eigenvalue weighted by molar-refractivity contribution is -0.120. The minimum absolute atomic E-state index is 0.125. The molecule has 0 spiro atoms. The van der Waals surface area contributed by atoms with Gasteiger partial charge >= 0.3 is 7.12 Å². The van der Waals surface area contributed by atoms with Crippen LogP contribution in [-0.2, 0) is 11.3 Å². The van der Waals surface area contributed by atoms with Crippen molar-refractivity contribution in [3.05, 3.63) is 76.8 Å². The lowest BCUT2D eigenvalue weighted by Gasteiger charge is -2.14. The average molecular weight is 489 g/mol. The zero-order valence-electron chi connectivity index (χ0n) is 20.6. The summed E-state index contributed by atoms with van der Waals surface area (Å²) in [5, 5.41) is 22.5. The van der Waals surface area contributed by atoms with Crippen LogP contribution in [0.15, 0.2) is 58.7 Å². The molecule has 1 aliphatic rings. The van der Waals surface area contributed by atoms with E-state index in [4.69, 9.17) is 18.6 Å². The van der Waals surface area contributed by atoms with Crippen LogP contribution < -0.4 is 25.0 Å². The molecule has 1 aliphatic carbocycles.